The van der Waals surface area contributed by atoms with E-state index in [1.54, 1.807) is 12.1 Å². The van der Waals surface area contributed by atoms with Gasteiger partial charge in [-0.1, -0.05) is 50.2 Å². The lowest BCUT2D eigenvalue weighted by atomic mass is 9.81. The molecule has 0 radical (unpaired) electrons. The molecule has 0 unspecified atom stereocenters. The van der Waals surface area contributed by atoms with Crippen molar-refractivity contribution in [2.24, 2.45) is 0 Å². The van der Waals surface area contributed by atoms with Gasteiger partial charge in [0.2, 0.25) is 11.9 Å². The number of carbonyl (C=O) groups excluding carboxylic acids is 1. The Morgan fingerprint density at radius 3 is 2.43 bits per heavy atom. The van der Waals surface area contributed by atoms with E-state index in [1.165, 1.54) is 12.1 Å². The van der Waals surface area contributed by atoms with Gasteiger partial charge in [0.1, 0.15) is 5.82 Å². The van der Waals surface area contributed by atoms with Crippen LogP contribution in [0.5, 0.6) is 0 Å². The molecule has 0 aliphatic carbocycles. The number of nitrogens with zero attached hydrogens (tertiary/aromatic N) is 2. The first-order chi connectivity index (χ1) is 14.3. The Hall–Kier alpha value is -3.47. The topological polar surface area (TPSA) is 46.9 Å². The molecule has 30 heavy (non-hydrogen) atoms. The lowest BCUT2D eigenvalue weighted by Crippen LogP contribution is -2.26. The number of aromatic nitrogens is 2. The van der Waals surface area contributed by atoms with Crippen LogP contribution in [0.4, 0.5) is 10.3 Å². The van der Waals surface area contributed by atoms with Crippen LogP contribution in [0, 0.1) is 12.7 Å². The van der Waals surface area contributed by atoms with Gasteiger partial charge in [-0.3, -0.25) is 14.7 Å². The number of halogens is 1. The van der Waals surface area contributed by atoms with Crippen molar-refractivity contribution in [2.45, 2.75) is 32.6 Å². The summed E-state index contributed by atoms with van der Waals surface area (Å²) in [7, 11) is 0. The summed E-state index contributed by atoms with van der Waals surface area (Å²) >= 11 is 0. The van der Waals surface area contributed by atoms with Crippen molar-refractivity contribution >= 4 is 22.9 Å². The fourth-order valence-corrected chi connectivity index (χ4v) is 3.68. The van der Waals surface area contributed by atoms with Crippen molar-refractivity contribution in [1.82, 2.24) is 9.55 Å². The number of imidazole rings is 1. The monoisotopic (exact) mass is 401 g/mol. The fraction of sp³-hybridized carbons (Fsp3) is 0.200. The highest BCUT2D eigenvalue weighted by molar-refractivity contribution is 5.93. The lowest BCUT2D eigenvalue weighted by molar-refractivity contribution is -0.117. The maximum atomic E-state index is 13.5. The van der Waals surface area contributed by atoms with Gasteiger partial charge < -0.3 is 0 Å². The number of aryl methyl sites for hydroxylation is 1. The summed E-state index contributed by atoms with van der Waals surface area (Å²) in [6.07, 6.45) is 0.308. The molecule has 5 heteroatoms. The number of fused-ring (bicyclic) bond motifs is 1. The average Bonchev–Trinajstić information content (AvgIpc) is 3.05. The Labute approximate surface area is 175 Å². The standard InChI is InChI=1S/C25H24FN3O/c1-17-9-14-21-22(15-17)29(20-12-10-19(26)11-13-20)24(27-21)28-23(30)16-25(2,3)18-7-5-4-6-8-18/h4-15H,16H2,1-3H3,(H,27,28,30). The number of carbonyl (C=O) groups is 1. The Balaban J connectivity index is 1.69. The summed E-state index contributed by atoms with van der Waals surface area (Å²) in [5.74, 6) is -0.00939. The molecule has 1 aromatic heterocycles. The second-order valence-corrected chi connectivity index (χ2v) is 8.21. The highest BCUT2D eigenvalue weighted by atomic mass is 19.1. The molecule has 0 saturated carbocycles. The molecule has 4 aromatic rings. The van der Waals surface area contributed by atoms with Crippen molar-refractivity contribution in [3.8, 4) is 5.69 Å². The highest BCUT2D eigenvalue weighted by Gasteiger charge is 2.25. The highest BCUT2D eigenvalue weighted by Crippen LogP contribution is 2.29. The molecule has 1 amide bonds. The number of rotatable bonds is 5. The minimum Gasteiger partial charge on any atom is -0.296 e. The second-order valence-electron chi connectivity index (χ2n) is 8.21. The maximum Gasteiger partial charge on any atom is 0.227 e. The first-order valence-electron chi connectivity index (χ1n) is 9.94. The molecule has 0 bridgehead atoms. The van der Waals surface area contributed by atoms with Gasteiger partial charge >= 0.3 is 0 Å². The van der Waals surface area contributed by atoms with Crippen LogP contribution in [0.3, 0.4) is 0 Å². The van der Waals surface area contributed by atoms with E-state index in [0.717, 1.165) is 27.8 Å². The summed E-state index contributed by atoms with van der Waals surface area (Å²) in [4.78, 5) is 17.6. The third-order valence-corrected chi connectivity index (χ3v) is 5.30. The normalized spacial score (nSPS) is 11.6. The van der Waals surface area contributed by atoms with E-state index in [0.29, 0.717) is 12.4 Å². The van der Waals surface area contributed by atoms with E-state index in [1.807, 2.05) is 73.9 Å². The fourth-order valence-electron chi connectivity index (χ4n) is 3.68. The van der Waals surface area contributed by atoms with Crippen LogP contribution in [0.2, 0.25) is 0 Å². The largest absolute Gasteiger partial charge is 0.296 e. The van der Waals surface area contributed by atoms with Crippen LogP contribution in [-0.2, 0) is 10.2 Å². The lowest BCUT2D eigenvalue weighted by Gasteiger charge is -2.24. The van der Waals surface area contributed by atoms with Gasteiger partial charge in [0.25, 0.3) is 0 Å². The van der Waals surface area contributed by atoms with Gasteiger partial charge in [0.15, 0.2) is 0 Å². The molecule has 1 N–H and O–H groups in total. The number of anilines is 1. The van der Waals surface area contributed by atoms with Crippen LogP contribution >= 0.6 is 0 Å². The van der Waals surface area contributed by atoms with Crippen molar-refractivity contribution in [1.29, 1.82) is 0 Å². The number of amides is 1. The molecule has 3 aromatic carbocycles. The smallest absolute Gasteiger partial charge is 0.227 e. The van der Waals surface area contributed by atoms with E-state index in [2.05, 4.69) is 10.3 Å². The molecular formula is C25H24FN3O. The summed E-state index contributed by atoms with van der Waals surface area (Å²) in [5.41, 5.74) is 4.22. The van der Waals surface area contributed by atoms with Crippen LogP contribution < -0.4 is 5.32 Å². The zero-order chi connectivity index (χ0) is 21.3. The van der Waals surface area contributed by atoms with Crippen LogP contribution in [0.25, 0.3) is 16.7 Å². The van der Waals surface area contributed by atoms with Crippen molar-refractivity contribution < 1.29 is 9.18 Å². The van der Waals surface area contributed by atoms with Crippen molar-refractivity contribution in [3.05, 3.63) is 89.7 Å². The van der Waals surface area contributed by atoms with Gasteiger partial charge in [-0.25, -0.2) is 9.37 Å². The Bertz CT molecular complexity index is 1190. The van der Waals surface area contributed by atoms with E-state index in [4.69, 9.17) is 0 Å². The molecule has 4 rings (SSSR count). The minimum absolute atomic E-state index is 0.126. The molecule has 1 heterocycles. The molecule has 0 aliphatic rings. The summed E-state index contributed by atoms with van der Waals surface area (Å²) in [6, 6.07) is 22.1. The van der Waals surface area contributed by atoms with Crippen LogP contribution in [0.1, 0.15) is 31.4 Å². The van der Waals surface area contributed by atoms with E-state index >= 15 is 0 Å². The third-order valence-electron chi connectivity index (χ3n) is 5.30. The van der Waals surface area contributed by atoms with Crippen LogP contribution in [-0.4, -0.2) is 15.5 Å². The molecule has 152 valence electrons. The van der Waals surface area contributed by atoms with Gasteiger partial charge in [0, 0.05) is 12.1 Å². The number of hydrogen-bond donors (Lipinski definition) is 1. The molecule has 0 spiro atoms. The Morgan fingerprint density at radius 1 is 1.03 bits per heavy atom. The number of benzene rings is 3. The van der Waals surface area contributed by atoms with Crippen molar-refractivity contribution in [2.75, 3.05) is 5.32 Å². The molecule has 0 atom stereocenters. The average molecular weight is 401 g/mol. The predicted octanol–water partition coefficient (Wildman–Crippen LogP) is 5.78. The molecule has 0 saturated heterocycles. The Morgan fingerprint density at radius 2 is 1.73 bits per heavy atom. The molecule has 4 nitrogen and oxygen atoms in total. The number of hydrogen-bond acceptors (Lipinski definition) is 2. The second kappa shape index (κ2) is 7.75. The first kappa shape index (κ1) is 19.8. The van der Waals surface area contributed by atoms with Gasteiger partial charge in [-0.2, -0.15) is 0 Å². The molecular weight excluding hydrogens is 377 g/mol. The Kier molecular flexibility index (Phi) is 5.12. The summed E-state index contributed by atoms with van der Waals surface area (Å²) in [5, 5.41) is 2.98. The number of nitrogens with one attached hydrogen (secondary N) is 1. The predicted molar refractivity (Wildman–Crippen MR) is 118 cm³/mol. The van der Waals surface area contributed by atoms with E-state index < -0.39 is 0 Å². The van der Waals surface area contributed by atoms with E-state index in [9.17, 15) is 9.18 Å². The quantitative estimate of drug-likeness (QED) is 0.461. The SMILES string of the molecule is Cc1ccc2nc(NC(=O)CC(C)(C)c3ccccc3)n(-c3ccc(F)cc3)c2c1. The maximum absolute atomic E-state index is 13.5. The molecule has 0 fully saturated rings. The van der Waals surface area contributed by atoms with Crippen LogP contribution in [0.15, 0.2) is 72.8 Å². The van der Waals surface area contributed by atoms with Crippen molar-refractivity contribution in [3.63, 3.8) is 0 Å². The zero-order valence-corrected chi connectivity index (χ0v) is 17.3. The van der Waals surface area contributed by atoms with Gasteiger partial charge in [0.05, 0.1) is 11.0 Å². The summed E-state index contributed by atoms with van der Waals surface area (Å²) in [6.45, 7) is 6.10. The summed E-state index contributed by atoms with van der Waals surface area (Å²) < 4.78 is 15.3. The minimum atomic E-state index is -0.325. The van der Waals surface area contributed by atoms with Gasteiger partial charge in [-0.05, 0) is 59.9 Å². The zero-order valence-electron chi connectivity index (χ0n) is 17.3. The van der Waals surface area contributed by atoms with E-state index in [-0.39, 0.29) is 17.1 Å². The first-order valence-corrected chi connectivity index (χ1v) is 9.94. The third kappa shape index (κ3) is 3.96. The molecule has 0 aliphatic heterocycles. The van der Waals surface area contributed by atoms with Gasteiger partial charge in [-0.15, -0.1) is 0 Å².